The van der Waals surface area contributed by atoms with Crippen molar-refractivity contribution in [1.29, 1.82) is 0 Å². The average Bonchev–Trinajstić information content (AvgIpc) is 3.35. The quantitative estimate of drug-likeness (QED) is 0.563. The summed E-state index contributed by atoms with van der Waals surface area (Å²) in [5, 5.41) is 11.7. The van der Waals surface area contributed by atoms with E-state index in [9.17, 15) is 0 Å². The molecule has 1 unspecified atom stereocenters. The fourth-order valence-corrected chi connectivity index (χ4v) is 2.87. The molecule has 0 bridgehead atoms. The predicted molar refractivity (Wildman–Crippen MR) is 103 cm³/mol. The van der Waals surface area contributed by atoms with Gasteiger partial charge in [0.2, 0.25) is 5.82 Å². The molecule has 7 nitrogen and oxygen atoms in total. The highest BCUT2D eigenvalue weighted by molar-refractivity contribution is 5.62. The van der Waals surface area contributed by atoms with E-state index >= 15 is 0 Å². The van der Waals surface area contributed by atoms with Gasteiger partial charge in [-0.05, 0) is 37.6 Å². The Morgan fingerprint density at radius 1 is 1.15 bits per heavy atom. The van der Waals surface area contributed by atoms with Crippen molar-refractivity contribution in [1.82, 2.24) is 24.9 Å². The van der Waals surface area contributed by atoms with Gasteiger partial charge in [-0.3, -0.25) is 4.68 Å². The number of rotatable bonds is 6. The molecule has 0 saturated carbocycles. The zero-order valence-electron chi connectivity index (χ0n) is 15.2. The number of aryl methyl sites for hydroxylation is 1. The SMILES string of the molecule is Cc1ccccc1-c1noc(-c2ccc(NC(C)Cn3cccn3)nc2)n1. The second-order valence-electron chi connectivity index (χ2n) is 6.44. The first kappa shape index (κ1) is 17.0. The van der Waals surface area contributed by atoms with Gasteiger partial charge in [0.15, 0.2) is 0 Å². The van der Waals surface area contributed by atoms with E-state index in [0.29, 0.717) is 11.7 Å². The number of pyridine rings is 1. The van der Waals surface area contributed by atoms with Crippen molar-refractivity contribution in [2.45, 2.75) is 26.4 Å². The number of hydrogen-bond acceptors (Lipinski definition) is 6. The van der Waals surface area contributed by atoms with E-state index in [-0.39, 0.29) is 6.04 Å². The van der Waals surface area contributed by atoms with Gasteiger partial charge < -0.3 is 9.84 Å². The molecule has 4 rings (SSSR count). The summed E-state index contributed by atoms with van der Waals surface area (Å²) in [5.41, 5.74) is 2.85. The van der Waals surface area contributed by atoms with Crippen molar-refractivity contribution in [3.63, 3.8) is 0 Å². The fraction of sp³-hybridized carbons (Fsp3) is 0.200. The Labute approximate surface area is 157 Å². The van der Waals surface area contributed by atoms with Gasteiger partial charge >= 0.3 is 0 Å². The first-order chi connectivity index (χ1) is 13.2. The van der Waals surface area contributed by atoms with E-state index in [4.69, 9.17) is 4.52 Å². The van der Waals surface area contributed by atoms with Gasteiger partial charge in [0.1, 0.15) is 5.82 Å². The van der Waals surface area contributed by atoms with E-state index in [0.717, 1.165) is 29.1 Å². The van der Waals surface area contributed by atoms with E-state index in [1.807, 2.05) is 60.3 Å². The predicted octanol–water partition coefficient (Wildman–Crippen LogP) is 3.80. The van der Waals surface area contributed by atoms with Gasteiger partial charge in [-0.25, -0.2) is 4.98 Å². The Balaban J connectivity index is 1.46. The van der Waals surface area contributed by atoms with Crippen molar-refractivity contribution < 1.29 is 4.52 Å². The van der Waals surface area contributed by atoms with E-state index in [1.165, 1.54) is 0 Å². The molecule has 0 spiro atoms. The van der Waals surface area contributed by atoms with Crippen LogP contribution >= 0.6 is 0 Å². The molecule has 1 aromatic carbocycles. The summed E-state index contributed by atoms with van der Waals surface area (Å²) in [7, 11) is 0. The number of nitrogens with zero attached hydrogens (tertiary/aromatic N) is 5. The lowest BCUT2D eigenvalue weighted by Gasteiger charge is -2.14. The summed E-state index contributed by atoms with van der Waals surface area (Å²) < 4.78 is 7.30. The number of benzene rings is 1. The largest absolute Gasteiger partial charge is 0.366 e. The Bertz CT molecular complexity index is 1010. The normalized spacial score (nSPS) is 12.1. The number of anilines is 1. The monoisotopic (exact) mass is 360 g/mol. The summed E-state index contributed by atoms with van der Waals surface area (Å²) >= 11 is 0. The third kappa shape index (κ3) is 3.87. The Morgan fingerprint density at radius 3 is 2.78 bits per heavy atom. The van der Waals surface area contributed by atoms with Crippen LogP contribution in [0.3, 0.4) is 0 Å². The molecule has 7 heteroatoms. The highest BCUT2D eigenvalue weighted by atomic mass is 16.5. The molecule has 0 saturated heterocycles. The highest BCUT2D eigenvalue weighted by Gasteiger charge is 2.13. The molecular weight excluding hydrogens is 340 g/mol. The van der Waals surface area contributed by atoms with Crippen LogP contribution < -0.4 is 5.32 Å². The van der Waals surface area contributed by atoms with Gasteiger partial charge in [0, 0.05) is 30.2 Å². The lowest BCUT2D eigenvalue weighted by atomic mass is 10.1. The molecular formula is C20H20N6O. The molecule has 0 radical (unpaired) electrons. The van der Waals surface area contributed by atoms with E-state index in [2.05, 4.69) is 32.5 Å². The van der Waals surface area contributed by atoms with Crippen molar-refractivity contribution in [3.05, 3.63) is 66.6 Å². The lowest BCUT2D eigenvalue weighted by Crippen LogP contribution is -2.22. The van der Waals surface area contributed by atoms with Crippen LogP contribution in [0.5, 0.6) is 0 Å². The Morgan fingerprint density at radius 2 is 2.04 bits per heavy atom. The van der Waals surface area contributed by atoms with Crippen LogP contribution in [0.25, 0.3) is 22.8 Å². The topological polar surface area (TPSA) is 81.7 Å². The summed E-state index contributed by atoms with van der Waals surface area (Å²) in [5.74, 6) is 1.83. The van der Waals surface area contributed by atoms with Crippen LogP contribution in [0.1, 0.15) is 12.5 Å². The van der Waals surface area contributed by atoms with E-state index in [1.54, 1.807) is 12.4 Å². The van der Waals surface area contributed by atoms with Crippen molar-refractivity contribution >= 4 is 5.82 Å². The maximum atomic E-state index is 5.42. The van der Waals surface area contributed by atoms with Gasteiger partial charge in [-0.1, -0.05) is 29.4 Å². The second kappa shape index (κ2) is 7.41. The van der Waals surface area contributed by atoms with Gasteiger partial charge in [-0.2, -0.15) is 10.1 Å². The number of nitrogens with one attached hydrogen (secondary N) is 1. The molecule has 1 atom stereocenters. The van der Waals surface area contributed by atoms with Gasteiger partial charge in [0.25, 0.3) is 5.89 Å². The zero-order valence-corrected chi connectivity index (χ0v) is 15.2. The minimum absolute atomic E-state index is 0.194. The van der Waals surface area contributed by atoms with Crippen LogP contribution in [0, 0.1) is 6.92 Å². The minimum atomic E-state index is 0.194. The first-order valence-electron chi connectivity index (χ1n) is 8.79. The van der Waals surface area contributed by atoms with E-state index < -0.39 is 0 Å². The lowest BCUT2D eigenvalue weighted by molar-refractivity contribution is 0.432. The van der Waals surface area contributed by atoms with Crippen LogP contribution in [0.2, 0.25) is 0 Å². The first-order valence-corrected chi connectivity index (χ1v) is 8.79. The Kier molecular flexibility index (Phi) is 4.65. The van der Waals surface area contributed by atoms with Crippen molar-refractivity contribution in [3.8, 4) is 22.8 Å². The molecule has 0 aliphatic heterocycles. The number of hydrogen-bond donors (Lipinski definition) is 1. The molecule has 0 fully saturated rings. The molecule has 3 heterocycles. The number of aromatic nitrogens is 5. The minimum Gasteiger partial charge on any atom is -0.366 e. The fourth-order valence-electron chi connectivity index (χ4n) is 2.87. The molecule has 4 aromatic rings. The van der Waals surface area contributed by atoms with Crippen LogP contribution in [0.4, 0.5) is 5.82 Å². The highest BCUT2D eigenvalue weighted by Crippen LogP contribution is 2.24. The van der Waals surface area contributed by atoms with Crippen LogP contribution in [-0.4, -0.2) is 30.9 Å². The third-order valence-electron chi connectivity index (χ3n) is 4.24. The van der Waals surface area contributed by atoms with Crippen LogP contribution in [0.15, 0.2) is 65.6 Å². The maximum absolute atomic E-state index is 5.42. The summed E-state index contributed by atoms with van der Waals surface area (Å²) in [6, 6.07) is 13.9. The molecule has 3 aromatic heterocycles. The molecule has 136 valence electrons. The summed E-state index contributed by atoms with van der Waals surface area (Å²) in [6.45, 7) is 4.88. The molecule has 0 aliphatic rings. The average molecular weight is 360 g/mol. The Hall–Kier alpha value is -3.48. The molecule has 1 N–H and O–H groups in total. The van der Waals surface area contributed by atoms with Gasteiger partial charge in [-0.15, -0.1) is 0 Å². The van der Waals surface area contributed by atoms with Crippen LogP contribution in [-0.2, 0) is 6.54 Å². The molecule has 27 heavy (non-hydrogen) atoms. The van der Waals surface area contributed by atoms with Crippen molar-refractivity contribution in [2.75, 3.05) is 5.32 Å². The summed E-state index contributed by atoms with van der Waals surface area (Å²) in [6.07, 6.45) is 5.45. The van der Waals surface area contributed by atoms with Gasteiger partial charge in [0.05, 0.1) is 12.1 Å². The second-order valence-corrected chi connectivity index (χ2v) is 6.44. The third-order valence-corrected chi connectivity index (χ3v) is 4.24. The molecule has 0 aliphatic carbocycles. The summed E-state index contributed by atoms with van der Waals surface area (Å²) in [4.78, 5) is 8.96. The molecule has 0 amide bonds. The van der Waals surface area contributed by atoms with Crippen molar-refractivity contribution in [2.24, 2.45) is 0 Å². The smallest absolute Gasteiger partial charge is 0.259 e. The maximum Gasteiger partial charge on any atom is 0.259 e. The standard InChI is InChI=1S/C20H20N6O/c1-14-6-3-4-7-17(14)19-24-20(27-25-19)16-8-9-18(21-12-16)23-15(2)13-26-11-5-10-22-26/h3-12,15H,13H2,1-2H3,(H,21,23). The zero-order chi connectivity index (χ0) is 18.6.